The summed E-state index contributed by atoms with van der Waals surface area (Å²) in [4.78, 5) is 20.1. The van der Waals surface area contributed by atoms with Gasteiger partial charge in [-0.15, -0.1) is 0 Å². The molecule has 0 saturated carbocycles. The van der Waals surface area contributed by atoms with Crippen molar-refractivity contribution in [3.05, 3.63) is 138 Å². The van der Waals surface area contributed by atoms with E-state index in [1.54, 1.807) is 0 Å². The van der Waals surface area contributed by atoms with Crippen LogP contribution in [0.2, 0.25) is 0 Å². The molecule has 5 rings (SSSR count). The van der Waals surface area contributed by atoms with Crippen molar-refractivity contribution in [2.24, 2.45) is 0 Å². The Morgan fingerprint density at radius 2 is 1.11 bits per heavy atom. The predicted molar refractivity (Wildman–Crippen MR) is 198 cm³/mol. The first-order valence-corrected chi connectivity index (χ1v) is 16.6. The van der Waals surface area contributed by atoms with Crippen LogP contribution in [0.25, 0.3) is 33.4 Å². The van der Waals surface area contributed by atoms with Crippen molar-refractivity contribution in [2.45, 2.75) is 64.8 Å². The minimum Gasteiger partial charge on any atom is -0.346 e. The van der Waals surface area contributed by atoms with E-state index in [0.717, 1.165) is 35.2 Å². The summed E-state index contributed by atoms with van der Waals surface area (Å²) in [7, 11) is 4.05. The molecule has 4 heteroatoms. The van der Waals surface area contributed by atoms with Crippen LogP contribution in [0.15, 0.2) is 115 Å². The van der Waals surface area contributed by atoms with Gasteiger partial charge in [0.25, 0.3) is 5.91 Å². The van der Waals surface area contributed by atoms with Crippen molar-refractivity contribution >= 4 is 5.91 Å². The molecule has 1 heterocycles. The Hall–Kier alpha value is -4.54. The van der Waals surface area contributed by atoms with Crippen molar-refractivity contribution in [2.75, 3.05) is 20.6 Å². The summed E-state index contributed by atoms with van der Waals surface area (Å²) in [5, 5.41) is 3.22. The quantitative estimate of drug-likeness (QED) is 0.178. The number of hydrogen-bond acceptors (Lipinski definition) is 3. The van der Waals surface area contributed by atoms with Crippen LogP contribution >= 0.6 is 0 Å². The summed E-state index contributed by atoms with van der Waals surface area (Å²) in [5.74, 6) is -0.161. The van der Waals surface area contributed by atoms with E-state index >= 15 is 0 Å². The summed E-state index contributed by atoms with van der Waals surface area (Å²) in [5.41, 5.74) is 11.1. The Kier molecular flexibility index (Phi) is 10.1. The number of pyridine rings is 1. The number of likely N-dealkylation sites (N-methyl/N-ethyl adjacent to an activating group) is 1. The zero-order chi connectivity index (χ0) is 33.8. The zero-order valence-corrected chi connectivity index (χ0v) is 29.3. The molecule has 4 aromatic carbocycles. The Balaban J connectivity index is 1.46. The molecule has 1 aromatic heterocycles. The molecule has 1 N–H and O–H groups in total. The van der Waals surface area contributed by atoms with Gasteiger partial charge >= 0.3 is 0 Å². The molecule has 0 saturated heterocycles. The highest BCUT2D eigenvalue weighted by atomic mass is 16.1. The van der Waals surface area contributed by atoms with Crippen LogP contribution in [0.1, 0.15) is 68.7 Å². The van der Waals surface area contributed by atoms with Crippen molar-refractivity contribution in [1.29, 1.82) is 0 Å². The summed E-state index contributed by atoms with van der Waals surface area (Å²) < 4.78 is 0. The third-order valence-electron chi connectivity index (χ3n) is 8.68. The minimum absolute atomic E-state index is 0.0324. The van der Waals surface area contributed by atoms with Gasteiger partial charge in [-0.2, -0.15) is 0 Å². The molecular weight excluding hydrogens is 574 g/mol. The summed E-state index contributed by atoms with van der Waals surface area (Å²) in [6, 6.07) is 38.6. The molecule has 4 nitrogen and oxygen atoms in total. The Morgan fingerprint density at radius 3 is 1.53 bits per heavy atom. The predicted octanol–water partition coefficient (Wildman–Crippen LogP) is 9.58. The molecular formula is C43H49N3O. The second-order valence-electron chi connectivity index (χ2n) is 15.0. The van der Waals surface area contributed by atoms with Crippen molar-refractivity contribution < 1.29 is 4.79 Å². The second kappa shape index (κ2) is 14.1. The number of nitrogens with zero attached hydrogens (tertiary/aromatic N) is 2. The third kappa shape index (κ3) is 8.84. The van der Waals surface area contributed by atoms with Crippen LogP contribution in [0.5, 0.6) is 0 Å². The number of carbonyl (C=O) groups excluding carboxylic acids is 1. The number of aromatic nitrogens is 1. The van der Waals surface area contributed by atoms with Crippen molar-refractivity contribution in [3.8, 4) is 33.4 Å². The van der Waals surface area contributed by atoms with Gasteiger partial charge in [0, 0.05) is 24.3 Å². The molecule has 0 aliphatic rings. The van der Waals surface area contributed by atoms with E-state index < -0.39 is 0 Å². The average molecular weight is 624 g/mol. The van der Waals surface area contributed by atoms with Gasteiger partial charge in [0.15, 0.2) is 0 Å². The molecule has 1 atom stereocenters. The first-order chi connectivity index (χ1) is 22.3. The lowest BCUT2D eigenvalue weighted by molar-refractivity contribution is 0.0925. The first-order valence-electron chi connectivity index (χ1n) is 16.6. The fourth-order valence-corrected chi connectivity index (χ4v) is 5.91. The van der Waals surface area contributed by atoms with Gasteiger partial charge in [-0.1, -0.05) is 126 Å². The van der Waals surface area contributed by atoms with E-state index in [9.17, 15) is 4.79 Å². The zero-order valence-electron chi connectivity index (χ0n) is 29.3. The van der Waals surface area contributed by atoms with E-state index in [0.29, 0.717) is 5.69 Å². The van der Waals surface area contributed by atoms with Gasteiger partial charge in [0.05, 0.1) is 0 Å². The van der Waals surface area contributed by atoms with Crippen LogP contribution in [-0.4, -0.2) is 42.5 Å². The highest BCUT2D eigenvalue weighted by molar-refractivity contribution is 5.93. The molecule has 0 spiro atoms. The topological polar surface area (TPSA) is 45.2 Å². The maximum Gasteiger partial charge on any atom is 0.270 e. The van der Waals surface area contributed by atoms with E-state index in [2.05, 4.69) is 136 Å². The lowest BCUT2D eigenvalue weighted by atomic mass is 9.85. The fourth-order valence-electron chi connectivity index (χ4n) is 5.91. The largest absolute Gasteiger partial charge is 0.346 e. The summed E-state index contributed by atoms with van der Waals surface area (Å²) in [6.07, 6.45) is 2.58. The van der Waals surface area contributed by atoms with Crippen molar-refractivity contribution in [3.63, 3.8) is 0 Å². The highest BCUT2D eigenvalue weighted by Crippen LogP contribution is 2.35. The number of carbonyl (C=O) groups is 1. The summed E-state index contributed by atoms with van der Waals surface area (Å²) in [6.45, 7) is 14.2. The SMILES string of the molecule is CN(C)C[C@@H](Cc1ccccc1)NC(=O)c1ccc(-c2cc(-c3ccc(C(C)(C)C)cc3)cc(-c3ccc(C(C)(C)C)cc3)c2)cn1. The third-order valence-corrected chi connectivity index (χ3v) is 8.68. The molecule has 0 radical (unpaired) electrons. The van der Waals surface area contributed by atoms with Gasteiger partial charge in [-0.05, 0) is 100 Å². The normalized spacial score (nSPS) is 12.6. The monoisotopic (exact) mass is 623 g/mol. The lowest BCUT2D eigenvalue weighted by Crippen LogP contribution is -2.43. The van der Waals surface area contributed by atoms with E-state index in [1.165, 1.54) is 27.8 Å². The van der Waals surface area contributed by atoms with Crippen LogP contribution in [0, 0.1) is 0 Å². The van der Waals surface area contributed by atoms with Crippen molar-refractivity contribution in [1.82, 2.24) is 15.2 Å². The average Bonchev–Trinajstić information content (AvgIpc) is 3.04. The molecule has 0 aliphatic heterocycles. The van der Waals surface area contributed by atoms with Gasteiger partial charge < -0.3 is 10.2 Å². The lowest BCUT2D eigenvalue weighted by Gasteiger charge is -2.22. The summed E-state index contributed by atoms with van der Waals surface area (Å²) >= 11 is 0. The maximum absolute atomic E-state index is 13.4. The maximum atomic E-state index is 13.4. The number of rotatable bonds is 9. The molecule has 1 amide bonds. The number of benzene rings is 4. The number of nitrogens with one attached hydrogen (secondary N) is 1. The number of amides is 1. The standard InChI is InChI=1S/C43H49N3O/c1-42(2,3)37-19-14-31(15-20-37)34-25-35(32-16-21-38(22-17-32)43(4,5)6)27-36(26-34)33-18-23-40(44-28-33)41(47)45-39(29-46(7)8)24-30-12-10-9-11-13-30/h9-23,25-28,39H,24,29H2,1-8H3,(H,45,47)/t39-/m1/s1. The molecule has 5 aromatic rings. The minimum atomic E-state index is -0.161. The number of hydrogen-bond donors (Lipinski definition) is 1. The molecule has 242 valence electrons. The van der Waals surface area contributed by atoms with Crippen LogP contribution < -0.4 is 5.32 Å². The van der Waals surface area contributed by atoms with Gasteiger partial charge in [-0.3, -0.25) is 9.78 Å². The first kappa shape index (κ1) is 33.8. The van der Waals surface area contributed by atoms with E-state index in [4.69, 9.17) is 0 Å². The molecule has 0 aliphatic carbocycles. The van der Waals surface area contributed by atoms with E-state index in [-0.39, 0.29) is 22.8 Å². The van der Waals surface area contributed by atoms with Crippen LogP contribution in [0.3, 0.4) is 0 Å². The van der Waals surface area contributed by atoms with Gasteiger partial charge in [0.2, 0.25) is 0 Å². The molecule has 0 bridgehead atoms. The molecule has 47 heavy (non-hydrogen) atoms. The van der Waals surface area contributed by atoms with Gasteiger partial charge in [-0.25, -0.2) is 0 Å². The van der Waals surface area contributed by atoms with E-state index in [1.807, 2.05) is 50.6 Å². The van der Waals surface area contributed by atoms with Gasteiger partial charge in [0.1, 0.15) is 5.69 Å². The second-order valence-corrected chi connectivity index (χ2v) is 15.0. The fraction of sp³-hybridized carbons (Fsp3) is 0.302. The highest BCUT2D eigenvalue weighted by Gasteiger charge is 2.18. The van der Waals surface area contributed by atoms with Crippen LogP contribution in [-0.2, 0) is 17.3 Å². The molecule has 0 unspecified atom stereocenters. The Morgan fingerprint density at radius 1 is 0.638 bits per heavy atom. The molecule has 0 fully saturated rings. The van der Waals surface area contributed by atoms with Crippen LogP contribution in [0.4, 0.5) is 0 Å². The smallest absolute Gasteiger partial charge is 0.270 e. The Labute approximate surface area is 281 Å². The Bertz CT molecular complexity index is 1700.